The molecule has 0 aliphatic heterocycles. The second kappa shape index (κ2) is 9.11. The maximum atomic E-state index is 6.47. The normalized spacial score (nSPS) is 12.4. The molecule has 6 heteroatoms. The molecule has 0 fully saturated rings. The van der Waals surface area contributed by atoms with Crippen molar-refractivity contribution < 1.29 is 9.47 Å². The van der Waals surface area contributed by atoms with Crippen molar-refractivity contribution in [1.29, 1.82) is 0 Å². The Kier molecular flexibility index (Phi) is 7.14. The molecule has 0 aliphatic carbocycles. The van der Waals surface area contributed by atoms with E-state index in [1.165, 1.54) is 0 Å². The lowest BCUT2D eigenvalue weighted by Gasteiger charge is -2.20. The Morgan fingerprint density at radius 1 is 1.24 bits per heavy atom. The van der Waals surface area contributed by atoms with E-state index in [1.54, 1.807) is 0 Å². The van der Waals surface area contributed by atoms with E-state index in [0.717, 1.165) is 23.4 Å². The Balaban J connectivity index is 2.18. The van der Waals surface area contributed by atoms with Crippen molar-refractivity contribution in [2.75, 3.05) is 6.61 Å². The number of ether oxygens (including phenoxy) is 2. The van der Waals surface area contributed by atoms with E-state index in [-0.39, 0.29) is 12.1 Å². The highest BCUT2D eigenvalue weighted by Crippen LogP contribution is 2.34. The van der Waals surface area contributed by atoms with E-state index in [9.17, 15) is 0 Å². The lowest BCUT2D eigenvalue weighted by Crippen LogP contribution is -2.22. The van der Waals surface area contributed by atoms with Gasteiger partial charge < -0.3 is 14.8 Å². The summed E-state index contributed by atoms with van der Waals surface area (Å²) in [6.07, 6.45) is 2.84. The zero-order chi connectivity index (χ0) is 18.4. The average Bonchev–Trinajstić information content (AvgIpc) is 2.97. The van der Waals surface area contributed by atoms with Crippen LogP contribution in [0.5, 0.6) is 11.5 Å². The largest absolute Gasteiger partial charge is 0.490 e. The zero-order valence-corrected chi connectivity index (χ0v) is 16.4. The molecule has 138 valence electrons. The van der Waals surface area contributed by atoms with E-state index in [1.807, 2.05) is 56.9 Å². The van der Waals surface area contributed by atoms with Crippen LogP contribution in [0.25, 0.3) is 0 Å². The Bertz CT molecular complexity index is 685. The van der Waals surface area contributed by atoms with E-state index in [2.05, 4.69) is 17.3 Å². The Morgan fingerprint density at radius 3 is 2.56 bits per heavy atom. The average molecular weight is 366 g/mol. The molecular formula is C19H28ClN3O2. The van der Waals surface area contributed by atoms with E-state index < -0.39 is 0 Å². The van der Waals surface area contributed by atoms with Crippen LogP contribution in [0, 0.1) is 0 Å². The molecule has 1 atom stereocenters. The molecule has 1 N–H and O–H groups in total. The van der Waals surface area contributed by atoms with Crippen LogP contribution in [0.4, 0.5) is 0 Å². The molecule has 0 spiro atoms. The van der Waals surface area contributed by atoms with E-state index >= 15 is 0 Å². The summed E-state index contributed by atoms with van der Waals surface area (Å²) in [5.74, 6) is 1.41. The van der Waals surface area contributed by atoms with Crippen LogP contribution in [-0.4, -0.2) is 22.5 Å². The van der Waals surface area contributed by atoms with E-state index in [4.69, 9.17) is 21.1 Å². The first-order valence-electron chi connectivity index (χ1n) is 8.79. The fourth-order valence-corrected chi connectivity index (χ4v) is 2.96. The summed E-state index contributed by atoms with van der Waals surface area (Å²) in [5, 5.41) is 8.48. The van der Waals surface area contributed by atoms with Gasteiger partial charge in [-0.2, -0.15) is 5.10 Å². The minimum absolute atomic E-state index is 0.0635. The number of hydrogen-bond donors (Lipinski definition) is 1. The molecular weight excluding hydrogens is 338 g/mol. The third kappa shape index (κ3) is 5.13. The van der Waals surface area contributed by atoms with Gasteiger partial charge in [0.1, 0.15) is 0 Å². The maximum absolute atomic E-state index is 6.47. The lowest BCUT2D eigenvalue weighted by molar-refractivity contribution is 0.223. The first kappa shape index (κ1) is 19.6. The van der Waals surface area contributed by atoms with Crippen LogP contribution in [0.2, 0.25) is 5.02 Å². The van der Waals surface area contributed by atoms with Crippen LogP contribution >= 0.6 is 11.6 Å². The first-order valence-corrected chi connectivity index (χ1v) is 9.17. The summed E-state index contributed by atoms with van der Waals surface area (Å²) in [6, 6.07) is 6.06. The second-order valence-corrected chi connectivity index (χ2v) is 6.62. The Labute approximate surface area is 155 Å². The molecule has 0 bridgehead atoms. The van der Waals surface area contributed by atoms with Gasteiger partial charge in [0, 0.05) is 36.9 Å². The SMILES string of the molecule is CCOc1cc(CN[C@H](CC)c2ccnn2C)c(Cl)cc1OC(C)C. The fourth-order valence-electron chi connectivity index (χ4n) is 2.74. The van der Waals surface area contributed by atoms with Crippen molar-refractivity contribution in [3.8, 4) is 11.5 Å². The van der Waals surface area contributed by atoms with Crippen molar-refractivity contribution in [2.24, 2.45) is 7.05 Å². The molecule has 0 radical (unpaired) electrons. The molecule has 0 aliphatic rings. The minimum Gasteiger partial charge on any atom is -0.490 e. The predicted octanol–water partition coefficient (Wildman–Crippen LogP) is 4.50. The van der Waals surface area contributed by atoms with Crippen LogP contribution in [-0.2, 0) is 13.6 Å². The molecule has 0 amide bonds. The Morgan fingerprint density at radius 2 is 2.00 bits per heavy atom. The number of benzene rings is 1. The number of nitrogens with one attached hydrogen (secondary N) is 1. The quantitative estimate of drug-likeness (QED) is 0.710. The van der Waals surface area contributed by atoms with Gasteiger partial charge in [0.05, 0.1) is 18.4 Å². The van der Waals surface area contributed by atoms with E-state index in [0.29, 0.717) is 23.9 Å². The highest BCUT2D eigenvalue weighted by Gasteiger charge is 2.16. The zero-order valence-electron chi connectivity index (χ0n) is 15.7. The van der Waals surface area contributed by atoms with Crippen molar-refractivity contribution in [2.45, 2.75) is 52.8 Å². The van der Waals surface area contributed by atoms with Gasteiger partial charge in [-0.15, -0.1) is 0 Å². The lowest BCUT2D eigenvalue weighted by atomic mass is 10.1. The van der Waals surface area contributed by atoms with Gasteiger partial charge in [-0.1, -0.05) is 18.5 Å². The van der Waals surface area contributed by atoms with Crippen molar-refractivity contribution in [1.82, 2.24) is 15.1 Å². The third-order valence-electron chi connectivity index (χ3n) is 3.94. The molecule has 0 saturated heterocycles. The molecule has 0 unspecified atom stereocenters. The number of aryl methyl sites for hydroxylation is 1. The topological polar surface area (TPSA) is 48.3 Å². The number of rotatable bonds is 9. The van der Waals surface area contributed by atoms with Crippen LogP contribution in [0.3, 0.4) is 0 Å². The summed E-state index contributed by atoms with van der Waals surface area (Å²) < 4.78 is 13.4. The van der Waals surface area contributed by atoms with Crippen LogP contribution < -0.4 is 14.8 Å². The monoisotopic (exact) mass is 365 g/mol. The second-order valence-electron chi connectivity index (χ2n) is 6.21. The Hall–Kier alpha value is -1.72. The molecule has 2 rings (SSSR count). The minimum atomic E-state index is 0.0635. The van der Waals surface area contributed by atoms with Gasteiger partial charge in [0.15, 0.2) is 11.5 Å². The maximum Gasteiger partial charge on any atom is 0.163 e. The molecule has 25 heavy (non-hydrogen) atoms. The standard InChI is InChI=1S/C19H28ClN3O2/c1-6-16(17-8-9-22-23(17)5)21-12-14-10-18(24-7-2)19(11-15(14)20)25-13(3)4/h8-11,13,16,21H,6-7,12H2,1-5H3/t16-/m1/s1. The fraction of sp³-hybridized carbons (Fsp3) is 0.526. The number of nitrogens with zero attached hydrogens (tertiary/aromatic N) is 2. The van der Waals surface area contributed by atoms with Gasteiger partial charge in [-0.05, 0) is 44.9 Å². The van der Waals surface area contributed by atoms with Gasteiger partial charge in [-0.25, -0.2) is 0 Å². The number of hydrogen-bond acceptors (Lipinski definition) is 4. The smallest absolute Gasteiger partial charge is 0.163 e. The van der Waals surface area contributed by atoms with Gasteiger partial charge >= 0.3 is 0 Å². The first-order chi connectivity index (χ1) is 12.0. The third-order valence-corrected chi connectivity index (χ3v) is 4.29. The van der Waals surface area contributed by atoms with Gasteiger partial charge in [-0.3, -0.25) is 4.68 Å². The molecule has 1 aromatic carbocycles. The van der Waals surface area contributed by atoms with Crippen LogP contribution in [0.1, 0.15) is 51.4 Å². The van der Waals surface area contributed by atoms with Crippen molar-refractivity contribution in [3.05, 3.63) is 40.7 Å². The summed E-state index contributed by atoms with van der Waals surface area (Å²) in [5.41, 5.74) is 2.14. The summed E-state index contributed by atoms with van der Waals surface area (Å²) >= 11 is 6.47. The van der Waals surface area contributed by atoms with Gasteiger partial charge in [0.2, 0.25) is 0 Å². The molecule has 2 aromatic rings. The molecule has 0 saturated carbocycles. The number of aromatic nitrogens is 2. The van der Waals surface area contributed by atoms with Gasteiger partial charge in [0.25, 0.3) is 0 Å². The van der Waals surface area contributed by atoms with Crippen molar-refractivity contribution >= 4 is 11.6 Å². The highest BCUT2D eigenvalue weighted by molar-refractivity contribution is 6.31. The highest BCUT2D eigenvalue weighted by atomic mass is 35.5. The number of halogens is 1. The predicted molar refractivity (Wildman–Crippen MR) is 101 cm³/mol. The van der Waals surface area contributed by atoms with Crippen LogP contribution in [0.15, 0.2) is 24.4 Å². The molecule has 1 aromatic heterocycles. The summed E-state index contributed by atoms with van der Waals surface area (Å²) in [7, 11) is 1.96. The van der Waals surface area contributed by atoms with Crippen molar-refractivity contribution in [3.63, 3.8) is 0 Å². The summed E-state index contributed by atoms with van der Waals surface area (Å²) in [4.78, 5) is 0. The summed E-state index contributed by atoms with van der Waals surface area (Å²) in [6.45, 7) is 9.30. The molecule has 5 nitrogen and oxygen atoms in total. The molecule has 1 heterocycles.